The van der Waals surface area contributed by atoms with E-state index in [1.807, 2.05) is 10.6 Å². The fraction of sp³-hybridized carbons (Fsp3) is 0.412. The number of aryl methyl sites for hydroxylation is 1. The van der Waals surface area contributed by atoms with E-state index in [1.165, 1.54) is 17.2 Å². The van der Waals surface area contributed by atoms with E-state index in [0.717, 1.165) is 5.75 Å². The van der Waals surface area contributed by atoms with Crippen LogP contribution in [0.2, 0.25) is 0 Å². The van der Waals surface area contributed by atoms with Gasteiger partial charge >= 0.3 is 0 Å². The minimum absolute atomic E-state index is 0.126. The first-order valence-corrected chi connectivity index (χ1v) is 7.50. The van der Waals surface area contributed by atoms with Crippen LogP contribution >= 0.6 is 0 Å². The lowest BCUT2D eigenvalue weighted by molar-refractivity contribution is 0.143. The third kappa shape index (κ3) is 2.98. The summed E-state index contributed by atoms with van der Waals surface area (Å²) >= 11 is 0. The maximum Gasteiger partial charge on any atom is 0.300 e. The van der Waals surface area contributed by atoms with Gasteiger partial charge in [0.05, 0.1) is 6.54 Å². The maximum atomic E-state index is 11.2. The average Bonchev–Trinajstić information content (AvgIpc) is 2.86. The number of nitrogens with zero attached hydrogens (tertiary/aromatic N) is 2. The molecule has 2 aromatic rings. The Morgan fingerprint density at radius 1 is 1.41 bits per heavy atom. The molecule has 0 bridgehead atoms. The number of rotatable bonds is 4. The van der Waals surface area contributed by atoms with Crippen LogP contribution in [0.1, 0.15) is 30.9 Å². The van der Waals surface area contributed by atoms with Gasteiger partial charge in [-0.3, -0.25) is 9.36 Å². The summed E-state index contributed by atoms with van der Waals surface area (Å²) in [6, 6.07) is 7.96. The summed E-state index contributed by atoms with van der Waals surface area (Å²) in [5, 5.41) is 0. The second-order valence-corrected chi connectivity index (χ2v) is 5.92. The van der Waals surface area contributed by atoms with Crippen LogP contribution in [-0.4, -0.2) is 22.3 Å². The Morgan fingerprint density at radius 3 is 2.95 bits per heavy atom. The number of hydrogen-bond acceptors (Lipinski definition) is 4. The van der Waals surface area contributed by atoms with Gasteiger partial charge in [-0.25, -0.2) is 0 Å². The van der Waals surface area contributed by atoms with E-state index < -0.39 is 0 Å². The van der Waals surface area contributed by atoms with Crippen LogP contribution in [0.25, 0.3) is 0 Å². The highest BCUT2D eigenvalue weighted by atomic mass is 16.6. The second kappa shape index (κ2) is 5.83. The van der Waals surface area contributed by atoms with Gasteiger partial charge in [0.1, 0.15) is 12.4 Å². The van der Waals surface area contributed by atoms with E-state index in [4.69, 9.17) is 9.47 Å². The number of fused-ring (bicyclic) bond motifs is 1. The molecule has 116 valence electrons. The zero-order valence-corrected chi connectivity index (χ0v) is 13.1. The van der Waals surface area contributed by atoms with E-state index in [1.54, 1.807) is 6.20 Å². The Balaban J connectivity index is 1.62. The first-order valence-electron chi connectivity index (χ1n) is 7.50. The molecule has 2 heterocycles. The Morgan fingerprint density at radius 2 is 2.23 bits per heavy atom. The number of aromatic nitrogens is 2. The van der Waals surface area contributed by atoms with Crippen molar-refractivity contribution in [3.63, 3.8) is 0 Å². The van der Waals surface area contributed by atoms with Gasteiger partial charge < -0.3 is 9.47 Å². The van der Waals surface area contributed by atoms with Crippen molar-refractivity contribution in [1.29, 1.82) is 0 Å². The molecule has 0 aliphatic carbocycles. The van der Waals surface area contributed by atoms with E-state index >= 15 is 0 Å². The van der Waals surface area contributed by atoms with Crippen molar-refractivity contribution in [2.24, 2.45) is 0 Å². The third-order valence-corrected chi connectivity index (χ3v) is 3.82. The summed E-state index contributed by atoms with van der Waals surface area (Å²) in [7, 11) is 0. The summed E-state index contributed by atoms with van der Waals surface area (Å²) in [6.45, 7) is 7.53. The van der Waals surface area contributed by atoms with Gasteiger partial charge in [0.25, 0.3) is 11.6 Å². The van der Waals surface area contributed by atoms with Gasteiger partial charge in [-0.05, 0) is 36.1 Å². The predicted octanol–water partition coefficient (Wildman–Crippen LogP) is 2.52. The molecule has 22 heavy (non-hydrogen) atoms. The Labute approximate surface area is 129 Å². The van der Waals surface area contributed by atoms with Crippen molar-refractivity contribution in [3.05, 3.63) is 51.9 Å². The van der Waals surface area contributed by atoms with Gasteiger partial charge in [0.2, 0.25) is 0 Å². The molecular formula is C17H20N2O3. The summed E-state index contributed by atoms with van der Waals surface area (Å²) in [5.41, 5.74) is 2.28. The Bertz CT molecular complexity index is 737. The quantitative estimate of drug-likeness (QED) is 0.870. The van der Waals surface area contributed by atoms with Crippen LogP contribution in [0.4, 0.5) is 0 Å². The highest BCUT2D eigenvalue weighted by Crippen LogP contribution is 2.24. The predicted molar refractivity (Wildman–Crippen MR) is 83.7 cm³/mol. The van der Waals surface area contributed by atoms with Crippen molar-refractivity contribution in [1.82, 2.24) is 9.55 Å². The molecule has 0 saturated carbocycles. The van der Waals surface area contributed by atoms with Crippen LogP contribution in [0.15, 0.2) is 35.3 Å². The Hall–Kier alpha value is -2.30. The molecule has 0 amide bonds. The van der Waals surface area contributed by atoms with Crippen LogP contribution in [0.5, 0.6) is 11.8 Å². The lowest BCUT2D eigenvalue weighted by atomic mass is 9.98. The maximum absolute atomic E-state index is 11.2. The summed E-state index contributed by atoms with van der Waals surface area (Å²) in [5.74, 6) is 1.34. The van der Waals surface area contributed by atoms with Crippen molar-refractivity contribution >= 4 is 0 Å². The van der Waals surface area contributed by atoms with Crippen molar-refractivity contribution in [3.8, 4) is 11.8 Å². The summed E-state index contributed by atoms with van der Waals surface area (Å²) < 4.78 is 13.3. The highest BCUT2D eigenvalue weighted by Gasteiger charge is 2.23. The molecule has 1 atom stereocenters. The largest absolute Gasteiger partial charge is 0.490 e. The smallest absolute Gasteiger partial charge is 0.300 e. The molecule has 5 nitrogen and oxygen atoms in total. The standard InChI is InChI=1S/C17H20N2O3/c1-11(2)15-5-4-13(8-12(15)3)21-10-14-9-19-7-6-16(20)18-17(19)22-14/h4-8,11,14H,9-10H2,1-3H3. The van der Waals surface area contributed by atoms with Crippen molar-refractivity contribution < 1.29 is 9.47 Å². The molecule has 3 rings (SSSR count). The average molecular weight is 300 g/mol. The van der Waals surface area contributed by atoms with Gasteiger partial charge in [0.15, 0.2) is 6.10 Å². The van der Waals surface area contributed by atoms with Crippen molar-refractivity contribution in [2.75, 3.05) is 6.61 Å². The van der Waals surface area contributed by atoms with Gasteiger partial charge in [-0.15, -0.1) is 0 Å². The van der Waals surface area contributed by atoms with Crippen LogP contribution in [-0.2, 0) is 6.54 Å². The van der Waals surface area contributed by atoms with Crippen molar-refractivity contribution in [2.45, 2.75) is 39.3 Å². The molecule has 0 N–H and O–H groups in total. The summed E-state index contributed by atoms with van der Waals surface area (Å²) in [4.78, 5) is 15.0. The van der Waals surface area contributed by atoms with Crippen LogP contribution in [0, 0.1) is 6.92 Å². The third-order valence-electron chi connectivity index (χ3n) is 3.82. The molecule has 1 aliphatic rings. The number of hydrogen-bond donors (Lipinski definition) is 0. The first-order chi connectivity index (χ1) is 10.5. The monoisotopic (exact) mass is 300 g/mol. The lowest BCUT2D eigenvalue weighted by Crippen LogP contribution is -2.23. The van der Waals surface area contributed by atoms with E-state index in [9.17, 15) is 4.79 Å². The molecule has 0 fully saturated rings. The summed E-state index contributed by atoms with van der Waals surface area (Å²) in [6.07, 6.45) is 1.58. The minimum Gasteiger partial charge on any atom is -0.490 e. The first kappa shape index (κ1) is 14.6. The van der Waals surface area contributed by atoms with Gasteiger partial charge in [-0.2, -0.15) is 4.98 Å². The molecule has 0 saturated heterocycles. The van der Waals surface area contributed by atoms with E-state index in [-0.39, 0.29) is 11.7 Å². The Kier molecular flexibility index (Phi) is 3.88. The van der Waals surface area contributed by atoms with E-state index in [0.29, 0.717) is 25.1 Å². The zero-order valence-electron chi connectivity index (χ0n) is 13.1. The molecule has 1 aromatic heterocycles. The molecule has 0 spiro atoms. The second-order valence-electron chi connectivity index (χ2n) is 5.92. The SMILES string of the molecule is Cc1cc(OCC2Cn3ccc(=O)nc3O2)ccc1C(C)C. The van der Waals surface area contributed by atoms with E-state index in [2.05, 4.69) is 37.9 Å². The topological polar surface area (TPSA) is 53.4 Å². The molecule has 0 radical (unpaired) electrons. The molecule has 1 aromatic carbocycles. The van der Waals surface area contributed by atoms with Crippen LogP contribution < -0.4 is 15.0 Å². The molecular weight excluding hydrogens is 280 g/mol. The fourth-order valence-electron chi connectivity index (χ4n) is 2.71. The fourth-order valence-corrected chi connectivity index (χ4v) is 2.71. The lowest BCUT2D eigenvalue weighted by Gasteiger charge is -2.14. The van der Waals surface area contributed by atoms with Crippen LogP contribution in [0.3, 0.4) is 0 Å². The molecule has 1 aliphatic heterocycles. The molecule has 1 unspecified atom stereocenters. The van der Waals surface area contributed by atoms with Gasteiger partial charge in [0, 0.05) is 12.3 Å². The normalized spacial score (nSPS) is 16.5. The number of ether oxygens (including phenoxy) is 2. The highest BCUT2D eigenvalue weighted by molar-refractivity contribution is 5.36. The molecule has 5 heteroatoms. The minimum atomic E-state index is -0.285. The number of benzene rings is 1. The van der Waals surface area contributed by atoms with Gasteiger partial charge in [-0.1, -0.05) is 19.9 Å². The zero-order chi connectivity index (χ0) is 15.7.